The zero-order valence-corrected chi connectivity index (χ0v) is 14.4. The summed E-state index contributed by atoms with van der Waals surface area (Å²) in [6.07, 6.45) is 6.79. The molecule has 0 unspecified atom stereocenters. The second kappa shape index (κ2) is 6.75. The second-order valence-corrected chi connectivity index (χ2v) is 5.69. The fourth-order valence-electron chi connectivity index (χ4n) is 2.79. The van der Waals surface area contributed by atoms with Gasteiger partial charge in [-0.1, -0.05) is 17.7 Å². The molecule has 0 saturated carbocycles. The predicted molar refractivity (Wildman–Crippen MR) is 93.1 cm³/mol. The summed E-state index contributed by atoms with van der Waals surface area (Å²) in [6, 6.07) is 5.64. The van der Waals surface area contributed by atoms with Gasteiger partial charge in [-0.25, -0.2) is 0 Å². The molecule has 0 saturated heterocycles. The van der Waals surface area contributed by atoms with E-state index < -0.39 is 0 Å². The first-order chi connectivity index (χ1) is 9.66. The lowest BCUT2D eigenvalue weighted by atomic mass is 9.91. The van der Waals surface area contributed by atoms with Crippen molar-refractivity contribution < 1.29 is 4.79 Å². The predicted octanol–water partition coefficient (Wildman–Crippen LogP) is 4.18. The van der Waals surface area contributed by atoms with Gasteiger partial charge in [0.05, 0.1) is 11.4 Å². The number of aliphatic imine (C=N–C) groups is 1. The summed E-state index contributed by atoms with van der Waals surface area (Å²) < 4.78 is 0. The number of halogens is 2. The number of benzene rings is 1. The van der Waals surface area contributed by atoms with Gasteiger partial charge in [0, 0.05) is 17.6 Å². The molecule has 1 aromatic carbocycles. The maximum absolute atomic E-state index is 12.1. The number of hydrogen-bond acceptors (Lipinski definition) is 2. The maximum Gasteiger partial charge on any atom is 0.248 e. The van der Waals surface area contributed by atoms with E-state index in [-0.39, 0.29) is 29.4 Å². The van der Waals surface area contributed by atoms with E-state index >= 15 is 0 Å². The van der Waals surface area contributed by atoms with E-state index in [9.17, 15) is 4.79 Å². The molecule has 3 rings (SSSR count). The summed E-state index contributed by atoms with van der Waals surface area (Å²) in [6.45, 7) is 0.204. The molecule has 0 bridgehead atoms. The molecule has 1 amide bonds. The summed E-state index contributed by atoms with van der Waals surface area (Å²) in [7, 11) is 1.79. The Morgan fingerprint density at radius 1 is 1.29 bits per heavy atom. The summed E-state index contributed by atoms with van der Waals surface area (Å²) in [5, 5.41) is 0.676. The van der Waals surface area contributed by atoms with Gasteiger partial charge in [0.1, 0.15) is 6.54 Å². The Hall–Kier alpha value is -1.13. The number of anilines is 1. The Labute approximate surface area is 140 Å². The van der Waals surface area contributed by atoms with Crippen LogP contribution in [0.15, 0.2) is 34.8 Å². The molecule has 2 aliphatic rings. The van der Waals surface area contributed by atoms with Gasteiger partial charge in [-0.2, -0.15) is 0 Å². The molecular formula is C16H18BrClN2O. The van der Waals surface area contributed by atoms with Crippen molar-refractivity contribution in [3.05, 3.63) is 40.4 Å². The highest BCUT2D eigenvalue weighted by Gasteiger charge is 2.24. The molecule has 0 spiro atoms. The molecule has 21 heavy (non-hydrogen) atoms. The molecule has 0 N–H and O–H groups in total. The Morgan fingerprint density at radius 2 is 2.10 bits per heavy atom. The lowest BCUT2D eigenvalue weighted by Gasteiger charge is -2.20. The smallest absolute Gasteiger partial charge is 0.248 e. The molecule has 1 heterocycles. The summed E-state index contributed by atoms with van der Waals surface area (Å²) in [4.78, 5) is 18.3. The van der Waals surface area contributed by atoms with Gasteiger partial charge in [0.2, 0.25) is 5.91 Å². The van der Waals surface area contributed by atoms with E-state index in [1.807, 2.05) is 18.2 Å². The SMILES string of the molecule is Br.CN1C(=O)CN=C(C2=CCCCC2)c2cc(Cl)ccc21. The van der Waals surface area contributed by atoms with Crippen LogP contribution < -0.4 is 4.90 Å². The van der Waals surface area contributed by atoms with Crippen LogP contribution in [0.25, 0.3) is 0 Å². The highest BCUT2D eigenvalue weighted by atomic mass is 79.9. The van der Waals surface area contributed by atoms with Crippen LogP contribution in [0.2, 0.25) is 5.02 Å². The lowest BCUT2D eigenvalue weighted by Crippen LogP contribution is -2.27. The molecule has 1 aliphatic heterocycles. The van der Waals surface area contributed by atoms with Crippen molar-refractivity contribution in [1.29, 1.82) is 0 Å². The molecule has 0 aromatic heterocycles. The normalized spacial score (nSPS) is 18.2. The zero-order chi connectivity index (χ0) is 14.1. The van der Waals surface area contributed by atoms with Crippen LogP contribution in [-0.2, 0) is 4.79 Å². The molecule has 0 fully saturated rings. The fraction of sp³-hybridized carbons (Fsp3) is 0.375. The van der Waals surface area contributed by atoms with E-state index in [0.717, 1.165) is 29.8 Å². The lowest BCUT2D eigenvalue weighted by molar-refractivity contribution is -0.116. The second-order valence-electron chi connectivity index (χ2n) is 5.25. The molecule has 3 nitrogen and oxygen atoms in total. The average Bonchev–Trinajstić information content (AvgIpc) is 2.58. The number of carbonyl (C=O) groups is 1. The van der Waals surface area contributed by atoms with Gasteiger partial charge in [0.15, 0.2) is 0 Å². The van der Waals surface area contributed by atoms with E-state index in [4.69, 9.17) is 11.6 Å². The Balaban J connectivity index is 0.00000161. The molecule has 0 atom stereocenters. The van der Waals surface area contributed by atoms with E-state index in [0.29, 0.717) is 5.02 Å². The summed E-state index contributed by atoms with van der Waals surface area (Å²) in [5.74, 6) is 0.0139. The van der Waals surface area contributed by atoms with Gasteiger partial charge in [-0.05, 0) is 49.5 Å². The van der Waals surface area contributed by atoms with Gasteiger partial charge in [-0.3, -0.25) is 9.79 Å². The third-order valence-corrected chi connectivity index (χ3v) is 4.15. The van der Waals surface area contributed by atoms with Gasteiger partial charge >= 0.3 is 0 Å². The third-order valence-electron chi connectivity index (χ3n) is 3.92. The highest BCUT2D eigenvalue weighted by molar-refractivity contribution is 8.93. The topological polar surface area (TPSA) is 32.7 Å². The van der Waals surface area contributed by atoms with Gasteiger partial charge in [0.25, 0.3) is 0 Å². The number of allylic oxidation sites excluding steroid dienone is 2. The quantitative estimate of drug-likeness (QED) is 0.731. The molecule has 112 valence electrons. The standard InChI is InChI=1S/C16H17ClN2O.BrH/c1-19-14-8-7-12(17)9-13(14)16(18-10-15(19)20)11-5-3-2-4-6-11;/h5,7-9H,2-4,6,10H2,1H3;1H. The first-order valence-corrected chi connectivity index (χ1v) is 7.35. The van der Waals surface area contributed by atoms with Crippen LogP contribution in [0.5, 0.6) is 0 Å². The van der Waals surface area contributed by atoms with Crippen molar-refractivity contribution in [2.75, 3.05) is 18.5 Å². The van der Waals surface area contributed by atoms with Crippen molar-refractivity contribution in [2.24, 2.45) is 4.99 Å². The van der Waals surface area contributed by atoms with Gasteiger partial charge in [-0.15, -0.1) is 17.0 Å². The van der Waals surface area contributed by atoms with Crippen molar-refractivity contribution >= 4 is 45.9 Å². The van der Waals surface area contributed by atoms with E-state index in [1.165, 1.54) is 18.4 Å². The number of hydrogen-bond donors (Lipinski definition) is 0. The first-order valence-electron chi connectivity index (χ1n) is 6.97. The molecule has 1 aliphatic carbocycles. The number of nitrogens with zero attached hydrogens (tertiary/aromatic N) is 2. The largest absolute Gasteiger partial charge is 0.313 e. The van der Waals surface area contributed by atoms with Crippen LogP contribution in [0.3, 0.4) is 0 Å². The molecular weight excluding hydrogens is 352 g/mol. The van der Waals surface area contributed by atoms with Crippen molar-refractivity contribution in [2.45, 2.75) is 25.7 Å². The minimum Gasteiger partial charge on any atom is -0.313 e. The highest BCUT2D eigenvalue weighted by Crippen LogP contribution is 2.31. The zero-order valence-electron chi connectivity index (χ0n) is 11.9. The molecule has 0 radical (unpaired) electrons. The third kappa shape index (κ3) is 3.22. The van der Waals surface area contributed by atoms with Crippen LogP contribution in [0, 0.1) is 0 Å². The van der Waals surface area contributed by atoms with Crippen molar-refractivity contribution in [1.82, 2.24) is 0 Å². The van der Waals surface area contributed by atoms with Gasteiger partial charge < -0.3 is 4.90 Å². The van der Waals surface area contributed by atoms with Crippen LogP contribution >= 0.6 is 28.6 Å². The van der Waals surface area contributed by atoms with E-state index in [2.05, 4.69) is 11.1 Å². The number of likely N-dealkylation sites (N-methyl/N-ethyl adjacent to an activating group) is 1. The average molecular weight is 370 g/mol. The minimum absolute atomic E-state index is 0. The Morgan fingerprint density at radius 3 is 2.81 bits per heavy atom. The number of rotatable bonds is 1. The minimum atomic E-state index is 0. The molecule has 5 heteroatoms. The number of fused-ring (bicyclic) bond motifs is 1. The van der Waals surface area contributed by atoms with Crippen molar-refractivity contribution in [3.63, 3.8) is 0 Å². The molecule has 1 aromatic rings. The first kappa shape index (κ1) is 16.2. The van der Waals surface area contributed by atoms with Crippen LogP contribution in [0.1, 0.15) is 31.2 Å². The Bertz CT molecular complexity index is 625. The number of carbonyl (C=O) groups excluding carboxylic acids is 1. The number of amides is 1. The Kier molecular flexibility index (Phi) is 5.22. The van der Waals surface area contributed by atoms with Crippen LogP contribution in [0.4, 0.5) is 5.69 Å². The maximum atomic E-state index is 12.1. The fourth-order valence-corrected chi connectivity index (χ4v) is 2.96. The van der Waals surface area contributed by atoms with Crippen LogP contribution in [-0.4, -0.2) is 25.2 Å². The monoisotopic (exact) mass is 368 g/mol. The summed E-state index contributed by atoms with van der Waals surface area (Å²) in [5.41, 5.74) is 4.06. The number of benzodiazepines with no additional fused rings is 1. The van der Waals surface area contributed by atoms with E-state index in [1.54, 1.807) is 11.9 Å². The summed E-state index contributed by atoms with van der Waals surface area (Å²) >= 11 is 6.14. The van der Waals surface area contributed by atoms with Crippen molar-refractivity contribution in [3.8, 4) is 0 Å².